The molecule has 1 saturated heterocycles. The van der Waals surface area contributed by atoms with E-state index in [4.69, 9.17) is 19.5 Å². The van der Waals surface area contributed by atoms with Crippen molar-refractivity contribution in [1.29, 1.82) is 10.5 Å². The van der Waals surface area contributed by atoms with Gasteiger partial charge in [-0.15, -0.1) is 17.0 Å². The van der Waals surface area contributed by atoms with Gasteiger partial charge in [0.2, 0.25) is 17.6 Å². The van der Waals surface area contributed by atoms with E-state index in [0.29, 0.717) is 59.4 Å². The number of aliphatic hydroxyl groups excluding tert-OH is 1. The highest BCUT2D eigenvalue weighted by atomic mass is 79.9. The van der Waals surface area contributed by atoms with Gasteiger partial charge in [-0.2, -0.15) is 20.5 Å². The predicted octanol–water partition coefficient (Wildman–Crippen LogP) is 5.08. The smallest absolute Gasteiger partial charge is 0.232 e. The lowest BCUT2D eigenvalue weighted by Crippen LogP contribution is -2.22. The molecule has 1 atom stereocenters. The van der Waals surface area contributed by atoms with Crippen molar-refractivity contribution in [3.63, 3.8) is 0 Å². The molecule has 1 unspecified atom stereocenters. The average Bonchev–Trinajstić information content (AvgIpc) is 3.39. The lowest BCUT2D eigenvalue weighted by atomic mass is 10.1. The van der Waals surface area contributed by atoms with E-state index in [1.165, 1.54) is 14.2 Å². The Labute approximate surface area is 235 Å². The van der Waals surface area contributed by atoms with E-state index in [0.717, 1.165) is 10.8 Å². The molecule has 1 aromatic heterocycles. The van der Waals surface area contributed by atoms with Crippen LogP contribution in [0, 0.1) is 22.7 Å². The van der Waals surface area contributed by atoms with Crippen molar-refractivity contribution in [1.82, 2.24) is 9.97 Å². The average molecular weight is 589 g/mol. The summed E-state index contributed by atoms with van der Waals surface area (Å²) in [7, 11) is 3.06. The van der Waals surface area contributed by atoms with Gasteiger partial charge in [-0.05, 0) is 60.3 Å². The predicted molar refractivity (Wildman–Crippen MR) is 151 cm³/mol. The van der Waals surface area contributed by atoms with E-state index >= 15 is 0 Å². The van der Waals surface area contributed by atoms with Crippen molar-refractivity contribution in [2.75, 3.05) is 37.5 Å². The number of methoxy groups -OCH3 is 2. The van der Waals surface area contributed by atoms with Crippen LogP contribution in [-0.2, 0) is 0 Å². The number of aromatic nitrogens is 2. The van der Waals surface area contributed by atoms with Gasteiger partial charge >= 0.3 is 0 Å². The van der Waals surface area contributed by atoms with Gasteiger partial charge in [0.1, 0.15) is 5.82 Å². The zero-order valence-corrected chi connectivity index (χ0v) is 22.9. The highest BCUT2D eigenvalue weighted by Gasteiger charge is 2.24. The summed E-state index contributed by atoms with van der Waals surface area (Å²) < 4.78 is 17.6. The lowest BCUT2D eigenvalue weighted by molar-refractivity contribution is 0.198. The third-order valence-electron chi connectivity index (χ3n) is 6.22. The molecule has 4 aromatic rings. The maximum Gasteiger partial charge on any atom is 0.232 e. The van der Waals surface area contributed by atoms with E-state index in [1.807, 2.05) is 4.90 Å². The molecule has 5 rings (SSSR count). The number of hydrogen-bond acceptors (Lipinski definition) is 10. The normalized spacial score (nSPS) is 14.2. The molecule has 1 aliphatic heterocycles. The Balaban J connectivity index is 0.00000353. The molecule has 198 valence electrons. The van der Waals surface area contributed by atoms with Gasteiger partial charge in [0, 0.05) is 30.2 Å². The van der Waals surface area contributed by atoms with Crippen LogP contribution in [0.4, 0.5) is 17.5 Å². The van der Waals surface area contributed by atoms with E-state index < -0.39 is 6.10 Å². The first kappa shape index (κ1) is 27.5. The fraction of sp³-hybridized carbons (Fsp3) is 0.214. The standard InChI is InChI=1S/C28H24N6O4.BrH/c1-36-23-12-19-11-18(15-30)5-8-22(19)26(37-2)27(23)38-25-13-24(34-10-9-21(35)16-34)32-28(33-25)31-20-6-3-17(14-29)4-7-20;/h3-8,11-13,21,35H,9-10,16H2,1-2H3,(H,31,32,33);1H. The molecule has 0 amide bonds. The molecule has 39 heavy (non-hydrogen) atoms. The Hall–Kier alpha value is -4.58. The van der Waals surface area contributed by atoms with Gasteiger partial charge in [-0.1, -0.05) is 0 Å². The van der Waals surface area contributed by atoms with Gasteiger partial charge < -0.3 is 29.5 Å². The zero-order chi connectivity index (χ0) is 26.6. The Morgan fingerprint density at radius 1 is 0.949 bits per heavy atom. The fourth-order valence-electron chi connectivity index (χ4n) is 4.35. The third kappa shape index (κ3) is 5.80. The quantitative estimate of drug-likeness (QED) is 0.301. The van der Waals surface area contributed by atoms with E-state index in [1.54, 1.807) is 54.6 Å². The van der Waals surface area contributed by atoms with Crippen molar-refractivity contribution >= 4 is 45.2 Å². The Bertz CT molecular complexity index is 1580. The summed E-state index contributed by atoms with van der Waals surface area (Å²) in [6, 6.07) is 19.9. The van der Waals surface area contributed by atoms with Crippen LogP contribution < -0.4 is 24.4 Å². The summed E-state index contributed by atoms with van der Waals surface area (Å²) in [5, 5.41) is 33.1. The second-order valence-corrected chi connectivity index (χ2v) is 8.68. The van der Waals surface area contributed by atoms with Gasteiger partial charge in [0.05, 0.1) is 43.6 Å². The number of hydrogen-bond donors (Lipinski definition) is 2. The van der Waals surface area contributed by atoms with Gasteiger partial charge in [-0.25, -0.2) is 0 Å². The maximum absolute atomic E-state index is 10.1. The zero-order valence-electron chi connectivity index (χ0n) is 21.2. The van der Waals surface area contributed by atoms with E-state index in [-0.39, 0.29) is 28.8 Å². The molecule has 0 aliphatic carbocycles. The molecular formula is C28H25BrN6O4. The number of nitrogens with one attached hydrogen (secondary N) is 1. The number of β-amino-alcohol motifs (C(OH)–C–C–N with tert-alkyl or cyclic N) is 1. The number of ether oxygens (including phenoxy) is 3. The summed E-state index contributed by atoms with van der Waals surface area (Å²) in [6.07, 6.45) is 0.193. The SMILES string of the molecule is Br.COc1cc2cc(C#N)ccc2c(OC)c1Oc1cc(N2CCC(O)C2)nc(Nc2ccc(C#N)cc2)n1. The number of benzene rings is 3. The van der Waals surface area contributed by atoms with Crippen molar-refractivity contribution in [3.8, 4) is 35.3 Å². The molecule has 0 spiro atoms. The van der Waals surface area contributed by atoms with Crippen LogP contribution in [0.1, 0.15) is 17.5 Å². The minimum Gasteiger partial charge on any atom is -0.493 e. The largest absolute Gasteiger partial charge is 0.493 e. The fourth-order valence-corrected chi connectivity index (χ4v) is 4.35. The monoisotopic (exact) mass is 588 g/mol. The molecule has 11 heteroatoms. The first-order valence-electron chi connectivity index (χ1n) is 11.9. The molecule has 0 saturated carbocycles. The Kier molecular flexibility index (Phi) is 8.35. The number of nitriles is 2. The van der Waals surface area contributed by atoms with Crippen LogP contribution in [0.3, 0.4) is 0 Å². The number of halogens is 1. The first-order valence-corrected chi connectivity index (χ1v) is 11.9. The molecular weight excluding hydrogens is 564 g/mol. The number of fused-ring (bicyclic) bond motifs is 1. The van der Waals surface area contributed by atoms with Crippen molar-refractivity contribution < 1.29 is 19.3 Å². The molecule has 1 fully saturated rings. The minimum absolute atomic E-state index is 0. The van der Waals surface area contributed by atoms with Crippen LogP contribution >= 0.6 is 17.0 Å². The number of anilines is 3. The molecule has 0 bridgehead atoms. The molecule has 2 heterocycles. The third-order valence-corrected chi connectivity index (χ3v) is 6.22. The van der Waals surface area contributed by atoms with Crippen LogP contribution in [0.2, 0.25) is 0 Å². The van der Waals surface area contributed by atoms with Gasteiger partial charge in [0.15, 0.2) is 11.5 Å². The second-order valence-electron chi connectivity index (χ2n) is 8.68. The second kappa shape index (κ2) is 11.9. The summed E-state index contributed by atoms with van der Waals surface area (Å²) in [5.41, 5.74) is 1.75. The van der Waals surface area contributed by atoms with Gasteiger partial charge in [0.25, 0.3) is 0 Å². The van der Waals surface area contributed by atoms with E-state index in [2.05, 4.69) is 27.4 Å². The summed E-state index contributed by atoms with van der Waals surface area (Å²) in [6.45, 7) is 1.08. The van der Waals surface area contributed by atoms with Crippen LogP contribution in [0.5, 0.6) is 23.1 Å². The minimum atomic E-state index is -0.441. The van der Waals surface area contributed by atoms with Crippen LogP contribution in [-0.4, -0.2) is 48.5 Å². The Morgan fingerprint density at radius 3 is 2.33 bits per heavy atom. The Morgan fingerprint density at radius 2 is 1.69 bits per heavy atom. The highest BCUT2D eigenvalue weighted by molar-refractivity contribution is 8.93. The molecule has 2 N–H and O–H groups in total. The molecule has 0 radical (unpaired) electrons. The summed E-state index contributed by atoms with van der Waals surface area (Å²) in [4.78, 5) is 11.2. The van der Waals surface area contributed by atoms with Crippen LogP contribution in [0.15, 0.2) is 54.6 Å². The van der Waals surface area contributed by atoms with Crippen molar-refractivity contribution in [2.45, 2.75) is 12.5 Å². The topological polar surface area (TPSA) is 137 Å². The van der Waals surface area contributed by atoms with Gasteiger partial charge in [-0.3, -0.25) is 0 Å². The van der Waals surface area contributed by atoms with E-state index in [9.17, 15) is 10.4 Å². The first-order chi connectivity index (χ1) is 18.5. The van der Waals surface area contributed by atoms with Crippen molar-refractivity contribution in [3.05, 3.63) is 65.7 Å². The maximum atomic E-state index is 10.1. The molecule has 3 aromatic carbocycles. The lowest BCUT2D eigenvalue weighted by Gasteiger charge is -2.20. The van der Waals surface area contributed by atoms with Crippen molar-refractivity contribution in [2.24, 2.45) is 0 Å². The number of rotatable bonds is 7. The molecule has 10 nitrogen and oxygen atoms in total. The summed E-state index contributed by atoms with van der Waals surface area (Å²) >= 11 is 0. The number of aliphatic hydroxyl groups is 1. The van der Waals surface area contributed by atoms with Crippen LogP contribution in [0.25, 0.3) is 10.8 Å². The number of nitrogens with zero attached hydrogens (tertiary/aromatic N) is 5. The highest BCUT2D eigenvalue weighted by Crippen LogP contribution is 2.46. The summed E-state index contributed by atoms with van der Waals surface area (Å²) in [5.74, 6) is 2.26. The molecule has 1 aliphatic rings.